The molecule has 0 aromatic heterocycles. The molecule has 0 radical (unpaired) electrons. The van der Waals surface area contributed by atoms with Crippen LogP contribution in [0.3, 0.4) is 0 Å². The van der Waals surface area contributed by atoms with Crippen LogP contribution in [0.4, 0.5) is 0 Å². The van der Waals surface area contributed by atoms with E-state index in [4.69, 9.17) is 33.4 Å². The Bertz CT molecular complexity index is 2090. The van der Waals surface area contributed by atoms with Gasteiger partial charge < -0.3 is 39.1 Å². The number of carbonyl (C=O) groups is 5. The molecule has 2 N–H and O–H groups in total. The molecule has 2 aliphatic rings. The number of ether oxygens (including phenoxy) is 5. The van der Waals surface area contributed by atoms with Gasteiger partial charge in [0.1, 0.15) is 5.75 Å². The molecule has 2 aliphatic heterocycles. The van der Waals surface area contributed by atoms with Crippen LogP contribution in [-0.4, -0.2) is 62.7 Å². The number of phenols is 1. The first-order valence-corrected chi connectivity index (χ1v) is 17.6. The Balaban J connectivity index is 1.91. The van der Waals surface area contributed by atoms with Gasteiger partial charge in [-0.15, -0.1) is 0 Å². The van der Waals surface area contributed by atoms with Gasteiger partial charge in [-0.25, -0.2) is 0 Å². The van der Waals surface area contributed by atoms with Crippen molar-refractivity contribution in [2.75, 3.05) is 7.11 Å². The van der Waals surface area contributed by atoms with Crippen LogP contribution in [0.15, 0.2) is 54.0 Å². The highest BCUT2D eigenvalue weighted by molar-refractivity contribution is 5.98. The van der Waals surface area contributed by atoms with Gasteiger partial charge >= 0.3 is 41.4 Å². The molecule has 298 valence electrons. The highest BCUT2D eigenvalue weighted by atomic mass is 17.0. The molecular formula is C39H42N2O15. The molecule has 1 amide bonds. The number of rotatable bonds is 11. The van der Waals surface area contributed by atoms with E-state index in [1.54, 1.807) is 27.7 Å². The van der Waals surface area contributed by atoms with Crippen molar-refractivity contribution < 1.29 is 72.4 Å². The maximum atomic E-state index is 15.0. The average Bonchev–Trinajstić information content (AvgIpc) is 3.13. The molecule has 0 fully saturated rings. The second kappa shape index (κ2) is 15.5. The molecule has 17 nitrogen and oxygen atoms in total. The number of benzene rings is 3. The summed E-state index contributed by atoms with van der Waals surface area (Å²) >= 11 is 0. The molecule has 2 heterocycles. The molecule has 0 saturated heterocycles. The van der Waals surface area contributed by atoms with E-state index in [0.717, 1.165) is 32.8 Å². The van der Waals surface area contributed by atoms with E-state index in [1.807, 2.05) is 0 Å². The molecule has 17 heteroatoms. The first-order chi connectivity index (χ1) is 26.4. The normalized spacial score (nSPS) is 19.8. The lowest BCUT2D eigenvalue weighted by Crippen LogP contribution is -2.78. The number of allylic oxidation sites excluding steroid dienone is 1. The van der Waals surface area contributed by atoms with Gasteiger partial charge in [-0.05, 0) is 54.3 Å². The number of hydroxylamine groups is 6. The number of nitrogens with zero attached hydrogens (tertiary/aromatic N) is 2. The van der Waals surface area contributed by atoms with Crippen molar-refractivity contribution in [1.29, 1.82) is 0 Å². The second-order valence-corrected chi connectivity index (χ2v) is 13.2. The number of quaternary nitrogens is 1. The molecule has 56 heavy (non-hydrogen) atoms. The van der Waals surface area contributed by atoms with Gasteiger partial charge in [-0.1, -0.05) is 44.6 Å². The molecule has 3 aromatic carbocycles. The Hall–Kier alpha value is -6.17. The van der Waals surface area contributed by atoms with Crippen LogP contribution < -0.4 is 28.5 Å². The van der Waals surface area contributed by atoms with E-state index < -0.39 is 81.0 Å². The lowest BCUT2D eigenvalue weighted by Gasteiger charge is -2.56. The summed E-state index contributed by atoms with van der Waals surface area (Å²) < 4.78 is 29.1. The first kappa shape index (κ1) is 41.0. The fraction of sp³-hybridized carbons (Fsp3) is 0.359. The minimum absolute atomic E-state index is 0.0176. The highest BCUT2D eigenvalue weighted by Gasteiger charge is 2.72. The van der Waals surface area contributed by atoms with Crippen molar-refractivity contribution in [2.45, 2.75) is 74.0 Å². The number of phenolic OH excluding ortho intramolecular Hbond substituents is 1. The molecule has 0 saturated carbocycles. The third-order valence-corrected chi connectivity index (χ3v) is 9.38. The van der Waals surface area contributed by atoms with Crippen LogP contribution in [0.2, 0.25) is 0 Å². The fourth-order valence-corrected chi connectivity index (χ4v) is 6.57. The van der Waals surface area contributed by atoms with Crippen molar-refractivity contribution >= 4 is 29.8 Å². The van der Waals surface area contributed by atoms with Crippen molar-refractivity contribution in [3.63, 3.8) is 0 Å². The van der Waals surface area contributed by atoms with Gasteiger partial charge in [-0.3, -0.25) is 33.6 Å². The number of amides is 1. The molecular weight excluding hydrogens is 736 g/mol. The summed E-state index contributed by atoms with van der Waals surface area (Å²) in [6.07, 6.45) is 0.592. The van der Waals surface area contributed by atoms with Gasteiger partial charge in [0, 0.05) is 33.6 Å². The Morgan fingerprint density at radius 3 is 1.66 bits per heavy atom. The Kier molecular flexibility index (Phi) is 11.4. The summed E-state index contributed by atoms with van der Waals surface area (Å²) in [4.78, 5) is 74.8. The molecule has 3 aromatic rings. The SMILES string of the molecule is CC[C@H](C)C1=C(O)[N+]2([O-])Oc3ccc(-c4c(OC(C)=O)c(OC(C)=O)c(-c5ccc(O)cc5)c(OC(C)=O)c4OC(C)=O)cc3O[C@]2([C@@H](C)CC)C(=O)N1OC. The van der Waals surface area contributed by atoms with Gasteiger partial charge in [0.05, 0.1) is 24.2 Å². The lowest BCUT2D eigenvalue weighted by molar-refractivity contribution is -1.08. The first-order valence-electron chi connectivity index (χ1n) is 17.6. The van der Waals surface area contributed by atoms with E-state index in [0.29, 0.717) is 6.42 Å². The summed E-state index contributed by atoms with van der Waals surface area (Å²) in [5.74, 6) is -9.43. The zero-order valence-electron chi connectivity index (χ0n) is 32.2. The molecule has 0 bridgehead atoms. The minimum Gasteiger partial charge on any atom is -0.578 e. The number of aromatic hydroxyl groups is 1. The summed E-state index contributed by atoms with van der Waals surface area (Å²) in [6, 6.07) is 9.19. The number of fused-ring (bicyclic) bond motifs is 2. The standard InChI is InChI=1S/C39H42N2O15/c1-10-19(3)32-37(47)41(49)39(20(4)11-2,38(48)40(32)50-9)55-29-18-26(14-17-28(29)56-41)31-35(53-23(7)44)33(51-21(5)42)30(25-12-15-27(46)16-13-25)34(52-22(6)43)36(31)54-24(8)45/h12-20,46-47H,10-11H2,1-9H3/t19-,20-,39+,41?/m0/s1. The lowest BCUT2D eigenvalue weighted by atomic mass is 9.89. The largest absolute Gasteiger partial charge is 0.578 e. The second-order valence-electron chi connectivity index (χ2n) is 13.2. The van der Waals surface area contributed by atoms with Gasteiger partial charge in [0.25, 0.3) is 0 Å². The molecule has 5 rings (SSSR count). The minimum atomic E-state index is -2.52. The number of aliphatic hydroxyl groups is 1. The third kappa shape index (κ3) is 6.84. The average molecular weight is 779 g/mol. The van der Waals surface area contributed by atoms with Crippen molar-refractivity contribution in [2.24, 2.45) is 11.8 Å². The smallest absolute Gasteiger partial charge is 0.374 e. The number of aliphatic hydroxyl groups excluding tert-OH is 1. The monoisotopic (exact) mass is 778 g/mol. The topological polar surface area (TPSA) is 217 Å². The Labute approximate surface area is 321 Å². The number of esters is 4. The zero-order chi connectivity index (χ0) is 41.4. The molecule has 0 spiro atoms. The van der Waals surface area contributed by atoms with Crippen LogP contribution in [0, 0.1) is 17.0 Å². The number of hydrogen-bond donors (Lipinski definition) is 2. The maximum Gasteiger partial charge on any atom is 0.374 e. The predicted octanol–water partition coefficient (Wildman–Crippen LogP) is 6.35. The predicted molar refractivity (Wildman–Crippen MR) is 194 cm³/mol. The summed E-state index contributed by atoms with van der Waals surface area (Å²) in [7, 11) is 1.20. The third-order valence-electron chi connectivity index (χ3n) is 9.38. The quantitative estimate of drug-likeness (QED) is 0.0939. The van der Waals surface area contributed by atoms with Crippen LogP contribution in [0.5, 0.6) is 40.2 Å². The summed E-state index contributed by atoms with van der Waals surface area (Å²) in [5, 5.41) is 37.5. The van der Waals surface area contributed by atoms with Gasteiger partial charge in [0.15, 0.2) is 34.4 Å². The van der Waals surface area contributed by atoms with Crippen LogP contribution in [0.1, 0.15) is 68.2 Å². The maximum absolute atomic E-state index is 15.0. The molecule has 1 unspecified atom stereocenters. The van der Waals surface area contributed by atoms with Crippen LogP contribution in [-0.2, 0) is 28.8 Å². The van der Waals surface area contributed by atoms with Crippen molar-refractivity contribution in [3.8, 4) is 62.5 Å². The summed E-state index contributed by atoms with van der Waals surface area (Å²) in [6.45, 7) is 11.0. The van der Waals surface area contributed by atoms with Crippen LogP contribution in [0.25, 0.3) is 22.3 Å². The summed E-state index contributed by atoms with van der Waals surface area (Å²) in [5.41, 5.74) is -2.95. The molecule has 4 atom stereocenters. The van der Waals surface area contributed by atoms with Crippen molar-refractivity contribution in [1.82, 2.24) is 5.06 Å². The number of carbonyl (C=O) groups excluding carboxylic acids is 5. The van der Waals surface area contributed by atoms with Crippen molar-refractivity contribution in [3.05, 3.63) is 59.3 Å². The molecule has 0 aliphatic carbocycles. The Morgan fingerprint density at radius 1 is 0.768 bits per heavy atom. The van der Waals surface area contributed by atoms with E-state index in [-0.39, 0.29) is 51.6 Å². The zero-order valence-corrected chi connectivity index (χ0v) is 32.2. The van der Waals surface area contributed by atoms with E-state index in [9.17, 15) is 39.4 Å². The Morgan fingerprint density at radius 2 is 1.23 bits per heavy atom. The van der Waals surface area contributed by atoms with Crippen LogP contribution >= 0.6 is 0 Å². The van der Waals surface area contributed by atoms with E-state index in [1.165, 1.54) is 49.6 Å². The number of hydrogen-bond acceptors (Lipinski definition) is 15. The fourth-order valence-electron chi connectivity index (χ4n) is 6.57. The van der Waals surface area contributed by atoms with Gasteiger partial charge in [-0.2, -0.15) is 5.06 Å². The van der Waals surface area contributed by atoms with E-state index in [2.05, 4.69) is 0 Å². The van der Waals surface area contributed by atoms with E-state index >= 15 is 0 Å². The van der Waals surface area contributed by atoms with Gasteiger partial charge in [0.2, 0.25) is 5.75 Å². The highest BCUT2D eigenvalue weighted by Crippen LogP contribution is 2.59.